The van der Waals surface area contributed by atoms with E-state index >= 15 is 0 Å². The minimum atomic E-state index is -0.0609. The molecule has 1 atom stereocenters. The molecule has 3 rings (SSSR count). The minimum Gasteiger partial charge on any atom is -0.329 e. The lowest BCUT2D eigenvalue weighted by atomic mass is 10.0. The lowest BCUT2D eigenvalue weighted by molar-refractivity contribution is 0.0634. The van der Waals surface area contributed by atoms with Crippen molar-refractivity contribution in [3.8, 4) is 0 Å². The van der Waals surface area contributed by atoms with E-state index in [9.17, 15) is 4.79 Å². The van der Waals surface area contributed by atoms with Gasteiger partial charge in [0.2, 0.25) is 0 Å². The number of aromatic amines is 1. The second kappa shape index (κ2) is 7.13. The van der Waals surface area contributed by atoms with Gasteiger partial charge in [-0.3, -0.25) is 9.89 Å². The van der Waals surface area contributed by atoms with Crippen LogP contribution in [0, 0.1) is 6.92 Å². The van der Waals surface area contributed by atoms with E-state index in [1.54, 1.807) is 6.20 Å². The summed E-state index contributed by atoms with van der Waals surface area (Å²) in [5.41, 5.74) is 2.38. The summed E-state index contributed by atoms with van der Waals surface area (Å²) in [6.07, 6.45) is 1.59. The number of rotatable bonds is 2. The summed E-state index contributed by atoms with van der Waals surface area (Å²) in [5.74, 6) is -0.00679. The quantitative estimate of drug-likeness (QED) is 0.883. The van der Waals surface area contributed by atoms with Crippen molar-refractivity contribution in [2.45, 2.75) is 13.0 Å². The summed E-state index contributed by atoms with van der Waals surface area (Å²) in [6.45, 7) is 3.99. The molecule has 1 amide bonds. The Morgan fingerprint density at radius 1 is 1.41 bits per heavy atom. The number of H-pyrrole nitrogens is 1. The zero-order chi connectivity index (χ0) is 14.8. The Kier molecular flexibility index (Phi) is 5.45. The van der Waals surface area contributed by atoms with Gasteiger partial charge in [0.1, 0.15) is 0 Å². The van der Waals surface area contributed by atoms with Gasteiger partial charge in [0.25, 0.3) is 5.91 Å². The molecule has 1 aliphatic rings. The molecule has 2 N–H and O–H groups in total. The molecule has 118 valence electrons. The summed E-state index contributed by atoms with van der Waals surface area (Å²) < 4.78 is 0. The standard InChI is InChI=1S/C15H17ClN4O.ClH/c1-10-12(8-18-19-10)15(21)20-7-6-17-9-14(20)11-4-2-3-5-13(11)16;/h2-5,8,14,17H,6-7,9H2,1H3,(H,18,19);1H. The fourth-order valence-electron chi connectivity index (χ4n) is 2.69. The molecular formula is C15H18Cl2N4O. The fraction of sp³-hybridized carbons (Fsp3) is 0.333. The van der Waals surface area contributed by atoms with Crippen LogP contribution in [-0.4, -0.2) is 40.6 Å². The van der Waals surface area contributed by atoms with Gasteiger partial charge in [0.05, 0.1) is 17.8 Å². The summed E-state index contributed by atoms with van der Waals surface area (Å²) in [4.78, 5) is 14.6. The fourth-order valence-corrected chi connectivity index (χ4v) is 2.95. The zero-order valence-corrected chi connectivity index (χ0v) is 13.7. The molecule has 0 aliphatic carbocycles. The molecule has 1 fully saturated rings. The first-order valence-corrected chi connectivity index (χ1v) is 7.32. The highest BCUT2D eigenvalue weighted by Gasteiger charge is 2.30. The Bertz CT molecular complexity index is 658. The SMILES string of the molecule is Cc1[nH]ncc1C(=O)N1CCNCC1c1ccccc1Cl.Cl. The van der Waals surface area contributed by atoms with Crippen LogP contribution in [0.4, 0.5) is 0 Å². The maximum atomic E-state index is 12.8. The van der Waals surface area contributed by atoms with Crippen molar-refractivity contribution >= 4 is 29.9 Å². The molecule has 2 heterocycles. The van der Waals surface area contributed by atoms with Crippen LogP contribution in [0.15, 0.2) is 30.5 Å². The van der Waals surface area contributed by atoms with E-state index in [1.165, 1.54) is 0 Å². The summed E-state index contributed by atoms with van der Waals surface area (Å²) in [7, 11) is 0. The number of carbonyl (C=O) groups excluding carboxylic acids is 1. The molecule has 1 aromatic carbocycles. The minimum absolute atomic E-state index is 0. The van der Waals surface area contributed by atoms with E-state index in [1.807, 2.05) is 36.1 Å². The van der Waals surface area contributed by atoms with Crippen LogP contribution in [0.1, 0.15) is 27.7 Å². The van der Waals surface area contributed by atoms with Crippen molar-refractivity contribution in [1.82, 2.24) is 20.4 Å². The molecule has 0 bridgehead atoms. The highest BCUT2D eigenvalue weighted by Crippen LogP contribution is 2.29. The number of aryl methyl sites for hydroxylation is 1. The van der Waals surface area contributed by atoms with E-state index in [0.717, 1.165) is 17.8 Å². The van der Waals surface area contributed by atoms with Crippen molar-refractivity contribution in [2.75, 3.05) is 19.6 Å². The Morgan fingerprint density at radius 2 is 2.18 bits per heavy atom. The number of halogens is 2. The third-order valence-electron chi connectivity index (χ3n) is 3.83. The van der Waals surface area contributed by atoms with Crippen LogP contribution in [0.2, 0.25) is 5.02 Å². The van der Waals surface area contributed by atoms with Crippen molar-refractivity contribution in [1.29, 1.82) is 0 Å². The van der Waals surface area contributed by atoms with Crippen LogP contribution >= 0.6 is 24.0 Å². The van der Waals surface area contributed by atoms with Gasteiger partial charge in [0, 0.05) is 30.4 Å². The molecule has 0 spiro atoms. The number of amides is 1. The highest BCUT2D eigenvalue weighted by atomic mass is 35.5. The second-order valence-corrected chi connectivity index (χ2v) is 5.56. The Labute approximate surface area is 140 Å². The van der Waals surface area contributed by atoms with E-state index < -0.39 is 0 Å². The molecule has 0 radical (unpaired) electrons. The van der Waals surface area contributed by atoms with E-state index in [0.29, 0.717) is 23.7 Å². The summed E-state index contributed by atoms with van der Waals surface area (Å²) in [6, 6.07) is 7.62. The molecule has 5 nitrogen and oxygen atoms in total. The molecular weight excluding hydrogens is 323 g/mol. The van der Waals surface area contributed by atoms with Crippen molar-refractivity contribution in [3.63, 3.8) is 0 Å². The van der Waals surface area contributed by atoms with Crippen LogP contribution in [-0.2, 0) is 0 Å². The van der Waals surface area contributed by atoms with Crippen LogP contribution in [0.25, 0.3) is 0 Å². The Hall–Kier alpha value is -1.56. The summed E-state index contributed by atoms with van der Waals surface area (Å²) in [5, 5.41) is 10.8. The van der Waals surface area contributed by atoms with Gasteiger partial charge in [-0.2, -0.15) is 5.10 Å². The number of piperazine rings is 1. The number of carbonyl (C=O) groups is 1. The lowest BCUT2D eigenvalue weighted by Crippen LogP contribution is -2.48. The van der Waals surface area contributed by atoms with Crippen LogP contribution in [0.3, 0.4) is 0 Å². The number of hydrogen-bond donors (Lipinski definition) is 2. The smallest absolute Gasteiger partial charge is 0.257 e. The average molecular weight is 341 g/mol. The number of nitrogens with zero attached hydrogens (tertiary/aromatic N) is 2. The molecule has 1 aromatic heterocycles. The van der Waals surface area contributed by atoms with Gasteiger partial charge < -0.3 is 10.2 Å². The third kappa shape index (κ3) is 3.11. The maximum Gasteiger partial charge on any atom is 0.257 e. The predicted molar refractivity (Wildman–Crippen MR) is 88.7 cm³/mol. The normalized spacial score (nSPS) is 17.9. The molecule has 1 saturated heterocycles. The van der Waals surface area contributed by atoms with Gasteiger partial charge in [-0.15, -0.1) is 12.4 Å². The van der Waals surface area contributed by atoms with E-state index in [2.05, 4.69) is 15.5 Å². The number of aromatic nitrogens is 2. The Morgan fingerprint density at radius 3 is 2.86 bits per heavy atom. The molecule has 22 heavy (non-hydrogen) atoms. The Balaban J connectivity index is 0.00000176. The van der Waals surface area contributed by atoms with Crippen molar-refractivity contribution in [2.24, 2.45) is 0 Å². The predicted octanol–water partition coefficient (Wildman–Crippen LogP) is 2.58. The molecule has 2 aromatic rings. The number of nitrogens with one attached hydrogen (secondary N) is 2. The summed E-state index contributed by atoms with van der Waals surface area (Å²) >= 11 is 6.30. The molecule has 7 heteroatoms. The number of hydrogen-bond acceptors (Lipinski definition) is 3. The first-order chi connectivity index (χ1) is 10.2. The maximum absolute atomic E-state index is 12.8. The van der Waals surface area contributed by atoms with Gasteiger partial charge in [-0.05, 0) is 18.6 Å². The van der Waals surface area contributed by atoms with E-state index in [-0.39, 0.29) is 24.4 Å². The van der Waals surface area contributed by atoms with E-state index in [4.69, 9.17) is 11.6 Å². The lowest BCUT2D eigenvalue weighted by Gasteiger charge is -2.36. The monoisotopic (exact) mass is 340 g/mol. The van der Waals surface area contributed by atoms with Gasteiger partial charge in [-0.25, -0.2) is 0 Å². The highest BCUT2D eigenvalue weighted by molar-refractivity contribution is 6.31. The first kappa shape index (κ1) is 16.8. The molecule has 1 aliphatic heterocycles. The second-order valence-electron chi connectivity index (χ2n) is 5.15. The molecule has 1 unspecified atom stereocenters. The third-order valence-corrected chi connectivity index (χ3v) is 4.17. The van der Waals surface area contributed by atoms with Gasteiger partial charge >= 0.3 is 0 Å². The van der Waals surface area contributed by atoms with Gasteiger partial charge in [-0.1, -0.05) is 29.8 Å². The van der Waals surface area contributed by atoms with Gasteiger partial charge in [0.15, 0.2) is 0 Å². The average Bonchev–Trinajstić information content (AvgIpc) is 2.93. The first-order valence-electron chi connectivity index (χ1n) is 6.94. The number of benzene rings is 1. The van der Waals surface area contributed by atoms with Crippen molar-refractivity contribution in [3.05, 3.63) is 52.3 Å². The largest absolute Gasteiger partial charge is 0.329 e. The van der Waals surface area contributed by atoms with Crippen LogP contribution < -0.4 is 5.32 Å². The molecule has 0 saturated carbocycles. The van der Waals surface area contributed by atoms with Crippen LogP contribution in [0.5, 0.6) is 0 Å². The topological polar surface area (TPSA) is 61.0 Å². The van der Waals surface area contributed by atoms with Crippen molar-refractivity contribution < 1.29 is 4.79 Å². The zero-order valence-electron chi connectivity index (χ0n) is 12.2.